The van der Waals surface area contributed by atoms with Crippen LogP contribution in [0.15, 0.2) is 16.6 Å². The zero-order valence-electron chi connectivity index (χ0n) is 10.4. The molecule has 0 saturated heterocycles. The van der Waals surface area contributed by atoms with Crippen LogP contribution in [-0.4, -0.2) is 38.0 Å². The van der Waals surface area contributed by atoms with Crippen molar-refractivity contribution in [2.75, 3.05) is 20.8 Å². The summed E-state index contributed by atoms with van der Waals surface area (Å²) < 4.78 is 16.3. The third kappa shape index (κ3) is 3.61. The summed E-state index contributed by atoms with van der Waals surface area (Å²) >= 11 is 3.28. The van der Waals surface area contributed by atoms with Gasteiger partial charge in [-0.1, -0.05) is 0 Å². The predicted octanol–water partition coefficient (Wildman–Crippen LogP) is 2.57. The molecule has 0 aliphatic heterocycles. The second kappa shape index (κ2) is 6.61. The van der Waals surface area contributed by atoms with Gasteiger partial charge in [0, 0.05) is 7.11 Å². The zero-order valence-corrected chi connectivity index (χ0v) is 12.0. The van der Waals surface area contributed by atoms with E-state index in [1.807, 2.05) is 6.92 Å². The second-order valence-electron chi connectivity index (χ2n) is 3.68. The molecule has 0 aliphatic carbocycles. The van der Waals surface area contributed by atoms with Crippen LogP contribution in [0.25, 0.3) is 0 Å². The Labute approximate surface area is 114 Å². The monoisotopic (exact) mass is 318 g/mol. The zero-order chi connectivity index (χ0) is 13.7. The summed E-state index contributed by atoms with van der Waals surface area (Å²) in [4.78, 5) is 10.9. The number of carboxylic acid groups (broad SMARTS) is 1. The van der Waals surface area contributed by atoms with Crippen LogP contribution in [0.4, 0.5) is 0 Å². The van der Waals surface area contributed by atoms with Crippen LogP contribution < -0.4 is 9.47 Å². The molecule has 0 aliphatic rings. The summed E-state index contributed by atoms with van der Waals surface area (Å²) in [5, 5.41) is 8.95. The molecule has 1 N–H and O–H groups in total. The Balaban J connectivity index is 3.07. The summed E-state index contributed by atoms with van der Waals surface area (Å²) in [6, 6.07) is 2.89. The number of ether oxygens (including phenoxy) is 3. The average Bonchev–Trinajstić information content (AvgIpc) is 2.31. The van der Waals surface area contributed by atoms with Crippen molar-refractivity contribution in [2.24, 2.45) is 0 Å². The number of carboxylic acids is 1. The van der Waals surface area contributed by atoms with Crippen molar-refractivity contribution >= 4 is 21.9 Å². The lowest BCUT2D eigenvalue weighted by atomic mass is 10.2. The van der Waals surface area contributed by atoms with Crippen LogP contribution >= 0.6 is 15.9 Å². The van der Waals surface area contributed by atoms with Crippen LogP contribution in [0.2, 0.25) is 0 Å². The van der Waals surface area contributed by atoms with E-state index in [1.54, 1.807) is 7.11 Å². The van der Waals surface area contributed by atoms with E-state index >= 15 is 0 Å². The molecule has 6 heteroatoms. The first-order chi connectivity index (χ1) is 8.49. The molecule has 5 nitrogen and oxygen atoms in total. The predicted molar refractivity (Wildman–Crippen MR) is 69.6 cm³/mol. The van der Waals surface area contributed by atoms with Gasteiger partial charge in [0.15, 0.2) is 11.5 Å². The maximum Gasteiger partial charge on any atom is 0.335 e. The highest BCUT2D eigenvalue weighted by Crippen LogP contribution is 2.37. The summed E-state index contributed by atoms with van der Waals surface area (Å²) in [5.41, 5.74) is 0.130. The lowest BCUT2D eigenvalue weighted by molar-refractivity contribution is 0.0695. The number of aromatic carboxylic acids is 1. The van der Waals surface area contributed by atoms with Crippen molar-refractivity contribution in [3.8, 4) is 11.5 Å². The standard InChI is InChI=1S/C12H15BrO5/c1-7(6-16-2)18-11-9(13)4-8(12(14)15)5-10(11)17-3/h4-5,7H,6H2,1-3H3,(H,14,15). The SMILES string of the molecule is COCC(C)Oc1c(Br)cc(C(=O)O)cc1OC. The normalized spacial score (nSPS) is 12.0. The van der Waals surface area contributed by atoms with Gasteiger partial charge in [0.1, 0.15) is 6.10 Å². The van der Waals surface area contributed by atoms with Gasteiger partial charge in [0.2, 0.25) is 0 Å². The molecule has 1 atom stereocenters. The molecule has 0 aromatic heterocycles. The summed E-state index contributed by atoms with van der Waals surface area (Å²) in [6.45, 7) is 2.27. The van der Waals surface area contributed by atoms with Crippen LogP contribution in [0.5, 0.6) is 11.5 Å². The fraction of sp³-hybridized carbons (Fsp3) is 0.417. The van der Waals surface area contributed by atoms with Crippen LogP contribution in [-0.2, 0) is 4.74 Å². The van der Waals surface area contributed by atoms with Crippen LogP contribution in [0.3, 0.4) is 0 Å². The van der Waals surface area contributed by atoms with Crippen molar-refractivity contribution in [1.29, 1.82) is 0 Å². The Bertz CT molecular complexity index is 433. The van der Waals surface area contributed by atoms with Crippen LogP contribution in [0, 0.1) is 0 Å². The lowest BCUT2D eigenvalue weighted by Crippen LogP contribution is -2.18. The van der Waals surface area contributed by atoms with Gasteiger partial charge >= 0.3 is 5.97 Å². The highest BCUT2D eigenvalue weighted by atomic mass is 79.9. The maximum absolute atomic E-state index is 10.9. The van der Waals surface area contributed by atoms with E-state index in [1.165, 1.54) is 19.2 Å². The molecule has 0 fully saturated rings. The molecule has 1 aromatic carbocycles. The van der Waals surface area contributed by atoms with Gasteiger partial charge < -0.3 is 19.3 Å². The van der Waals surface area contributed by atoms with E-state index in [2.05, 4.69) is 15.9 Å². The van der Waals surface area contributed by atoms with Crippen molar-refractivity contribution in [3.63, 3.8) is 0 Å². The van der Waals surface area contributed by atoms with Crippen molar-refractivity contribution in [1.82, 2.24) is 0 Å². The Hall–Kier alpha value is -1.27. The van der Waals surface area contributed by atoms with Gasteiger partial charge in [0.05, 0.1) is 23.8 Å². The number of hydrogen-bond donors (Lipinski definition) is 1. The van der Waals surface area contributed by atoms with Gasteiger partial charge in [-0.3, -0.25) is 0 Å². The van der Waals surface area contributed by atoms with Crippen molar-refractivity contribution in [2.45, 2.75) is 13.0 Å². The summed E-state index contributed by atoms with van der Waals surface area (Å²) in [5.74, 6) is -0.192. The molecule has 18 heavy (non-hydrogen) atoms. The molecule has 100 valence electrons. The van der Waals surface area contributed by atoms with E-state index in [0.717, 1.165) is 0 Å². The molecular formula is C12H15BrO5. The number of carbonyl (C=O) groups is 1. The Morgan fingerprint density at radius 3 is 2.61 bits per heavy atom. The fourth-order valence-corrected chi connectivity index (χ4v) is 1.96. The van der Waals surface area contributed by atoms with Crippen LogP contribution in [0.1, 0.15) is 17.3 Å². The number of hydrogen-bond acceptors (Lipinski definition) is 4. The molecule has 1 aromatic rings. The molecule has 0 saturated carbocycles. The smallest absolute Gasteiger partial charge is 0.335 e. The molecule has 0 amide bonds. The average molecular weight is 319 g/mol. The minimum Gasteiger partial charge on any atom is -0.493 e. The van der Waals surface area contributed by atoms with E-state index in [0.29, 0.717) is 22.6 Å². The molecule has 0 radical (unpaired) electrons. The van der Waals surface area contributed by atoms with Gasteiger partial charge in [0.25, 0.3) is 0 Å². The summed E-state index contributed by atoms with van der Waals surface area (Å²) in [7, 11) is 3.04. The molecule has 1 rings (SSSR count). The van der Waals surface area contributed by atoms with E-state index < -0.39 is 5.97 Å². The lowest BCUT2D eigenvalue weighted by Gasteiger charge is -2.18. The molecular weight excluding hydrogens is 304 g/mol. The largest absolute Gasteiger partial charge is 0.493 e. The number of halogens is 1. The second-order valence-corrected chi connectivity index (χ2v) is 4.53. The number of benzene rings is 1. The minimum absolute atomic E-state index is 0.130. The highest BCUT2D eigenvalue weighted by molar-refractivity contribution is 9.10. The Kier molecular flexibility index (Phi) is 5.43. The molecule has 1 unspecified atom stereocenters. The van der Waals surface area contributed by atoms with Gasteiger partial charge in [-0.2, -0.15) is 0 Å². The molecule has 0 spiro atoms. The number of rotatable bonds is 6. The quantitative estimate of drug-likeness (QED) is 0.873. The first-order valence-electron chi connectivity index (χ1n) is 5.26. The Morgan fingerprint density at radius 2 is 2.11 bits per heavy atom. The number of methoxy groups -OCH3 is 2. The maximum atomic E-state index is 10.9. The third-order valence-electron chi connectivity index (χ3n) is 2.20. The molecule has 0 heterocycles. The first-order valence-corrected chi connectivity index (χ1v) is 6.05. The Morgan fingerprint density at radius 1 is 1.44 bits per heavy atom. The van der Waals surface area contributed by atoms with E-state index in [4.69, 9.17) is 19.3 Å². The van der Waals surface area contributed by atoms with E-state index in [9.17, 15) is 4.79 Å². The molecule has 0 bridgehead atoms. The summed E-state index contributed by atoms with van der Waals surface area (Å²) in [6.07, 6.45) is -0.170. The van der Waals surface area contributed by atoms with Gasteiger partial charge in [-0.15, -0.1) is 0 Å². The van der Waals surface area contributed by atoms with Gasteiger partial charge in [-0.05, 0) is 35.0 Å². The van der Waals surface area contributed by atoms with E-state index in [-0.39, 0.29) is 11.7 Å². The fourth-order valence-electron chi connectivity index (χ4n) is 1.43. The minimum atomic E-state index is -1.02. The van der Waals surface area contributed by atoms with Crippen molar-refractivity contribution < 1.29 is 24.1 Å². The third-order valence-corrected chi connectivity index (χ3v) is 2.79. The van der Waals surface area contributed by atoms with Gasteiger partial charge in [-0.25, -0.2) is 4.79 Å². The highest BCUT2D eigenvalue weighted by Gasteiger charge is 2.17. The topological polar surface area (TPSA) is 65.0 Å². The van der Waals surface area contributed by atoms with Crippen molar-refractivity contribution in [3.05, 3.63) is 22.2 Å². The first kappa shape index (κ1) is 14.8.